The number of thiazole rings is 1. The van der Waals surface area contributed by atoms with E-state index in [9.17, 15) is 4.39 Å². The van der Waals surface area contributed by atoms with E-state index in [4.69, 9.17) is 11.6 Å². The van der Waals surface area contributed by atoms with E-state index >= 15 is 0 Å². The minimum atomic E-state index is -0.261. The Kier molecular flexibility index (Phi) is 4.10. The van der Waals surface area contributed by atoms with Crippen LogP contribution in [-0.4, -0.2) is 12.0 Å². The Morgan fingerprint density at radius 3 is 3.00 bits per heavy atom. The van der Waals surface area contributed by atoms with Crippen LogP contribution in [0.5, 0.6) is 0 Å². The van der Waals surface area contributed by atoms with Crippen molar-refractivity contribution in [3.63, 3.8) is 0 Å². The van der Waals surface area contributed by atoms with Crippen molar-refractivity contribution in [1.29, 1.82) is 0 Å². The Balaban J connectivity index is 2.21. The third-order valence-corrected chi connectivity index (χ3v) is 3.83. The van der Waals surface area contributed by atoms with Crippen molar-refractivity contribution in [2.45, 2.75) is 12.5 Å². The summed E-state index contributed by atoms with van der Waals surface area (Å²) in [6.07, 6.45) is 2.47. The van der Waals surface area contributed by atoms with Crippen LogP contribution in [-0.2, 0) is 6.42 Å². The summed E-state index contributed by atoms with van der Waals surface area (Å²) >= 11 is 7.63. The molecule has 0 radical (unpaired) electrons. The highest BCUT2D eigenvalue weighted by Gasteiger charge is 2.14. The molecule has 0 aliphatic rings. The van der Waals surface area contributed by atoms with E-state index in [0.29, 0.717) is 11.4 Å². The van der Waals surface area contributed by atoms with Gasteiger partial charge < -0.3 is 5.32 Å². The van der Waals surface area contributed by atoms with Crippen molar-refractivity contribution in [1.82, 2.24) is 10.3 Å². The van der Waals surface area contributed by atoms with Gasteiger partial charge in [-0.2, -0.15) is 0 Å². The largest absolute Gasteiger partial charge is 0.312 e. The molecule has 1 aromatic heterocycles. The fourth-order valence-corrected chi connectivity index (χ4v) is 2.59. The summed E-state index contributed by atoms with van der Waals surface area (Å²) in [5.74, 6) is -0.261. The lowest BCUT2D eigenvalue weighted by Gasteiger charge is -2.15. The highest BCUT2D eigenvalue weighted by Crippen LogP contribution is 2.25. The molecule has 0 bridgehead atoms. The Labute approximate surface area is 108 Å². The van der Waals surface area contributed by atoms with Gasteiger partial charge in [0.15, 0.2) is 0 Å². The fraction of sp³-hybridized carbons (Fsp3) is 0.250. The van der Waals surface area contributed by atoms with Crippen LogP contribution in [0.4, 0.5) is 4.39 Å². The van der Waals surface area contributed by atoms with Gasteiger partial charge in [0, 0.05) is 22.1 Å². The second-order valence-corrected chi connectivity index (χ2v) is 5.01. The second kappa shape index (κ2) is 5.58. The molecule has 0 aliphatic carbocycles. The van der Waals surface area contributed by atoms with Crippen LogP contribution in [0.3, 0.4) is 0 Å². The van der Waals surface area contributed by atoms with Crippen molar-refractivity contribution < 1.29 is 4.39 Å². The number of nitrogens with zero attached hydrogens (tertiary/aromatic N) is 1. The van der Waals surface area contributed by atoms with Gasteiger partial charge in [-0.15, -0.1) is 11.3 Å². The third kappa shape index (κ3) is 3.03. The Morgan fingerprint density at radius 1 is 1.53 bits per heavy atom. The van der Waals surface area contributed by atoms with Gasteiger partial charge in [-0.05, 0) is 37.2 Å². The first-order chi connectivity index (χ1) is 8.20. The van der Waals surface area contributed by atoms with E-state index in [1.165, 1.54) is 12.1 Å². The van der Waals surface area contributed by atoms with E-state index in [2.05, 4.69) is 10.3 Å². The number of likely N-dealkylation sites (N-methyl/N-ethyl adjacent to an activating group) is 1. The van der Waals surface area contributed by atoms with Gasteiger partial charge in [-0.3, -0.25) is 4.98 Å². The van der Waals surface area contributed by atoms with Gasteiger partial charge in [0.25, 0.3) is 0 Å². The number of nitrogens with one attached hydrogen (secondary N) is 1. The summed E-state index contributed by atoms with van der Waals surface area (Å²) in [5, 5.41) is 3.78. The number of aromatic nitrogens is 1. The van der Waals surface area contributed by atoms with Crippen LogP contribution < -0.4 is 5.32 Å². The van der Waals surface area contributed by atoms with E-state index < -0.39 is 0 Å². The predicted molar refractivity (Wildman–Crippen MR) is 69.0 cm³/mol. The zero-order valence-corrected chi connectivity index (χ0v) is 10.9. The smallest absolute Gasteiger partial charge is 0.123 e. The minimum absolute atomic E-state index is 0.113. The Hall–Kier alpha value is -0.970. The highest BCUT2D eigenvalue weighted by molar-refractivity contribution is 7.09. The van der Waals surface area contributed by atoms with Crippen molar-refractivity contribution >= 4 is 22.9 Å². The first-order valence-corrected chi connectivity index (χ1v) is 6.46. The molecule has 0 fully saturated rings. The Morgan fingerprint density at radius 2 is 2.35 bits per heavy atom. The van der Waals surface area contributed by atoms with Crippen LogP contribution in [0.2, 0.25) is 5.02 Å². The first-order valence-electron chi connectivity index (χ1n) is 5.20. The standard InChI is InChI=1S/C12H12ClFN2S/c1-15-11(12-6-16-7-17-12)5-8-4-9(14)2-3-10(8)13/h2-4,6-7,11,15H,5H2,1H3. The van der Waals surface area contributed by atoms with Gasteiger partial charge in [0.05, 0.1) is 5.51 Å². The molecule has 0 spiro atoms. The number of halogens is 2. The van der Waals surface area contributed by atoms with E-state index in [1.54, 1.807) is 22.9 Å². The molecule has 2 nitrogen and oxygen atoms in total. The molecule has 1 atom stereocenters. The topological polar surface area (TPSA) is 24.9 Å². The summed E-state index contributed by atoms with van der Waals surface area (Å²) in [7, 11) is 1.87. The number of rotatable bonds is 4. The molecule has 5 heteroatoms. The second-order valence-electron chi connectivity index (χ2n) is 3.68. The molecule has 1 heterocycles. The van der Waals surface area contributed by atoms with Gasteiger partial charge in [-0.25, -0.2) is 4.39 Å². The van der Waals surface area contributed by atoms with E-state index in [-0.39, 0.29) is 11.9 Å². The summed E-state index contributed by atoms with van der Waals surface area (Å²) < 4.78 is 13.2. The molecule has 17 heavy (non-hydrogen) atoms. The van der Waals surface area contributed by atoms with Crippen molar-refractivity contribution in [2.75, 3.05) is 7.05 Å². The molecule has 0 saturated heterocycles. The minimum Gasteiger partial charge on any atom is -0.312 e. The zero-order valence-electron chi connectivity index (χ0n) is 9.28. The molecule has 90 valence electrons. The average molecular weight is 271 g/mol. The van der Waals surface area contributed by atoms with Gasteiger partial charge in [0.1, 0.15) is 5.82 Å². The lowest BCUT2D eigenvalue weighted by Crippen LogP contribution is -2.18. The van der Waals surface area contributed by atoms with Crippen LogP contribution >= 0.6 is 22.9 Å². The monoisotopic (exact) mass is 270 g/mol. The quantitative estimate of drug-likeness (QED) is 0.921. The fourth-order valence-electron chi connectivity index (χ4n) is 1.66. The molecular formula is C12H12ClFN2S. The molecular weight excluding hydrogens is 259 g/mol. The number of hydrogen-bond acceptors (Lipinski definition) is 3. The normalized spacial score (nSPS) is 12.6. The molecule has 1 N–H and O–H groups in total. The lowest BCUT2D eigenvalue weighted by molar-refractivity contribution is 0.591. The van der Waals surface area contributed by atoms with Gasteiger partial charge in [-0.1, -0.05) is 11.6 Å². The van der Waals surface area contributed by atoms with Crippen LogP contribution in [0.15, 0.2) is 29.9 Å². The van der Waals surface area contributed by atoms with Crippen LogP contribution in [0.25, 0.3) is 0 Å². The molecule has 0 aliphatic heterocycles. The predicted octanol–water partition coefficient (Wildman–Crippen LogP) is 3.44. The molecule has 2 aromatic rings. The van der Waals surface area contributed by atoms with E-state index in [1.807, 2.05) is 13.2 Å². The summed E-state index contributed by atoms with van der Waals surface area (Å²) in [6.45, 7) is 0. The zero-order chi connectivity index (χ0) is 12.3. The molecule has 0 saturated carbocycles. The van der Waals surface area contributed by atoms with Crippen molar-refractivity contribution in [3.05, 3.63) is 51.2 Å². The Bertz CT molecular complexity index is 487. The number of hydrogen-bond donors (Lipinski definition) is 1. The molecule has 2 rings (SSSR count). The van der Waals surface area contributed by atoms with Crippen molar-refractivity contribution in [2.24, 2.45) is 0 Å². The maximum absolute atomic E-state index is 13.2. The van der Waals surface area contributed by atoms with Crippen molar-refractivity contribution in [3.8, 4) is 0 Å². The summed E-state index contributed by atoms with van der Waals surface area (Å²) in [6, 6.07) is 4.55. The average Bonchev–Trinajstić information content (AvgIpc) is 2.84. The number of benzene rings is 1. The summed E-state index contributed by atoms with van der Waals surface area (Å²) in [4.78, 5) is 5.16. The highest BCUT2D eigenvalue weighted by atomic mass is 35.5. The molecule has 1 unspecified atom stereocenters. The first kappa shape index (κ1) is 12.5. The van der Waals surface area contributed by atoms with Crippen LogP contribution in [0.1, 0.15) is 16.5 Å². The van der Waals surface area contributed by atoms with Crippen LogP contribution in [0, 0.1) is 5.82 Å². The summed E-state index contributed by atoms with van der Waals surface area (Å²) in [5.41, 5.74) is 2.59. The maximum Gasteiger partial charge on any atom is 0.123 e. The van der Waals surface area contributed by atoms with Gasteiger partial charge in [0.2, 0.25) is 0 Å². The maximum atomic E-state index is 13.2. The van der Waals surface area contributed by atoms with Gasteiger partial charge >= 0.3 is 0 Å². The third-order valence-electron chi connectivity index (χ3n) is 2.58. The lowest BCUT2D eigenvalue weighted by atomic mass is 10.1. The molecule has 1 aromatic carbocycles. The van der Waals surface area contributed by atoms with E-state index in [0.717, 1.165) is 10.4 Å². The SMILES string of the molecule is CNC(Cc1cc(F)ccc1Cl)c1cncs1. The molecule has 0 amide bonds.